The molecule has 0 saturated carbocycles. The highest BCUT2D eigenvalue weighted by atomic mass is 32.1. The highest BCUT2D eigenvalue weighted by Crippen LogP contribution is 2.37. The molecular weight excluding hydrogens is 428 g/mol. The van der Waals surface area contributed by atoms with E-state index in [2.05, 4.69) is 11.4 Å². The molecule has 8 heteroatoms. The van der Waals surface area contributed by atoms with E-state index in [0.29, 0.717) is 28.5 Å². The van der Waals surface area contributed by atoms with Gasteiger partial charge in [0.1, 0.15) is 16.8 Å². The van der Waals surface area contributed by atoms with Gasteiger partial charge in [0.2, 0.25) is 5.91 Å². The number of nitrogens with one attached hydrogen (secondary N) is 1. The van der Waals surface area contributed by atoms with E-state index in [1.54, 1.807) is 24.3 Å². The number of aryl methyl sites for hydroxylation is 1. The second kappa shape index (κ2) is 11.4. The second-order valence-electron chi connectivity index (χ2n) is 7.47. The maximum absolute atomic E-state index is 12.3. The molecule has 1 N–H and O–H groups in total. The summed E-state index contributed by atoms with van der Waals surface area (Å²) in [6.07, 6.45) is 4.86. The average molecular weight is 455 g/mol. The lowest BCUT2D eigenvalue weighted by molar-refractivity contribution is -0.143. The summed E-state index contributed by atoms with van der Waals surface area (Å²) in [4.78, 5) is 37.6. The van der Waals surface area contributed by atoms with Gasteiger partial charge in [-0.2, -0.15) is 5.26 Å². The number of carbonyl (C=O) groups excluding carboxylic acids is 3. The van der Waals surface area contributed by atoms with Gasteiger partial charge in [-0.1, -0.05) is 6.42 Å². The number of rotatable bonds is 9. The number of Topliss-reactive ketones (excluding diaryl/α,β-unsaturated/α-hetero) is 1. The number of nitrogens with zero attached hydrogens (tertiary/aromatic N) is 1. The second-order valence-corrected chi connectivity index (χ2v) is 8.57. The Morgan fingerprint density at radius 2 is 1.84 bits per heavy atom. The number of amides is 1. The molecule has 7 nitrogen and oxygen atoms in total. The smallest absolute Gasteiger partial charge is 0.306 e. The van der Waals surface area contributed by atoms with Crippen LogP contribution in [0.4, 0.5) is 5.00 Å². The molecule has 1 aliphatic rings. The van der Waals surface area contributed by atoms with Gasteiger partial charge in [-0.25, -0.2) is 0 Å². The molecule has 3 rings (SSSR count). The summed E-state index contributed by atoms with van der Waals surface area (Å²) in [5.41, 5.74) is 2.02. The summed E-state index contributed by atoms with van der Waals surface area (Å²) >= 11 is 1.45. The van der Waals surface area contributed by atoms with Crippen LogP contribution in [-0.4, -0.2) is 30.9 Å². The summed E-state index contributed by atoms with van der Waals surface area (Å²) in [5.74, 6) is -0.645. The lowest BCUT2D eigenvalue weighted by Gasteiger charge is -2.07. The first-order chi connectivity index (χ1) is 15.5. The maximum atomic E-state index is 12.3. The molecule has 2 aromatic rings. The van der Waals surface area contributed by atoms with E-state index < -0.39 is 5.97 Å². The molecule has 1 aromatic carbocycles. The third kappa shape index (κ3) is 6.17. The average Bonchev–Trinajstić information content (AvgIpc) is 2.95. The zero-order valence-electron chi connectivity index (χ0n) is 18.1. The van der Waals surface area contributed by atoms with Crippen LogP contribution < -0.4 is 10.1 Å². The number of nitriles is 1. The predicted molar refractivity (Wildman–Crippen MR) is 121 cm³/mol. The fourth-order valence-corrected chi connectivity index (χ4v) is 4.81. The van der Waals surface area contributed by atoms with Gasteiger partial charge in [0.05, 0.1) is 18.6 Å². The molecule has 1 heterocycles. The molecule has 0 aliphatic heterocycles. The Bertz CT molecular complexity index is 1020. The van der Waals surface area contributed by atoms with Crippen molar-refractivity contribution in [3.05, 3.63) is 45.8 Å². The summed E-state index contributed by atoms with van der Waals surface area (Å²) in [6.45, 7) is 2.02. The molecule has 0 radical (unpaired) electrons. The third-order valence-corrected chi connectivity index (χ3v) is 6.40. The first kappa shape index (κ1) is 23.5. The van der Waals surface area contributed by atoms with Gasteiger partial charge in [-0.15, -0.1) is 11.3 Å². The highest BCUT2D eigenvalue weighted by Gasteiger charge is 2.21. The van der Waals surface area contributed by atoms with E-state index in [0.717, 1.165) is 37.7 Å². The quantitative estimate of drug-likeness (QED) is 0.341. The van der Waals surface area contributed by atoms with Crippen molar-refractivity contribution in [3.63, 3.8) is 0 Å². The van der Waals surface area contributed by atoms with Crippen molar-refractivity contribution in [2.24, 2.45) is 0 Å². The number of ketones is 1. The Kier molecular flexibility index (Phi) is 8.40. The van der Waals surface area contributed by atoms with Crippen LogP contribution in [0.1, 0.15) is 65.4 Å². The first-order valence-electron chi connectivity index (χ1n) is 10.8. The third-order valence-electron chi connectivity index (χ3n) is 5.19. The Morgan fingerprint density at radius 3 is 2.56 bits per heavy atom. The summed E-state index contributed by atoms with van der Waals surface area (Å²) < 4.78 is 10.3. The van der Waals surface area contributed by atoms with Crippen LogP contribution in [-0.2, 0) is 27.2 Å². The Balaban J connectivity index is 1.45. The minimum Gasteiger partial charge on any atom is -0.494 e. The first-order valence-corrected chi connectivity index (χ1v) is 11.6. The van der Waals surface area contributed by atoms with E-state index >= 15 is 0 Å². The zero-order valence-corrected chi connectivity index (χ0v) is 18.9. The van der Waals surface area contributed by atoms with Gasteiger partial charge in [0.15, 0.2) is 12.4 Å². The summed E-state index contributed by atoms with van der Waals surface area (Å²) in [5, 5.41) is 12.9. The Morgan fingerprint density at radius 1 is 1.09 bits per heavy atom. The van der Waals surface area contributed by atoms with Crippen LogP contribution in [0.25, 0.3) is 0 Å². The monoisotopic (exact) mass is 454 g/mol. The van der Waals surface area contributed by atoms with Crippen LogP contribution in [0, 0.1) is 11.3 Å². The number of fused-ring (bicyclic) bond motifs is 1. The molecule has 32 heavy (non-hydrogen) atoms. The highest BCUT2D eigenvalue weighted by molar-refractivity contribution is 7.16. The fourth-order valence-electron chi connectivity index (χ4n) is 3.56. The molecule has 0 spiro atoms. The number of thiophene rings is 1. The number of esters is 1. The topological polar surface area (TPSA) is 105 Å². The number of benzene rings is 1. The molecular formula is C24H26N2O5S. The molecule has 0 fully saturated rings. The lowest BCUT2D eigenvalue weighted by atomic mass is 10.1. The normalized spacial score (nSPS) is 12.8. The number of hydrogen-bond acceptors (Lipinski definition) is 7. The van der Waals surface area contributed by atoms with Gasteiger partial charge < -0.3 is 14.8 Å². The van der Waals surface area contributed by atoms with Crippen molar-refractivity contribution >= 4 is 34.0 Å². The van der Waals surface area contributed by atoms with Crippen molar-refractivity contribution in [2.75, 3.05) is 18.5 Å². The molecule has 1 aromatic heterocycles. The predicted octanol–water partition coefficient (Wildman–Crippen LogP) is 4.43. The van der Waals surface area contributed by atoms with Crippen molar-refractivity contribution in [1.29, 1.82) is 5.26 Å². The fraction of sp³-hybridized carbons (Fsp3) is 0.417. The van der Waals surface area contributed by atoms with Crippen molar-refractivity contribution in [2.45, 2.75) is 51.9 Å². The number of carbonyl (C=O) groups is 3. The SMILES string of the molecule is CCOc1ccc(C(=O)COC(=O)CCC(=O)Nc2sc3c(c2C#N)CCCCC3)cc1. The van der Waals surface area contributed by atoms with Gasteiger partial charge >= 0.3 is 5.97 Å². The number of anilines is 1. The Labute approximate surface area is 191 Å². The standard InChI is InChI=1S/C24H26N2O5S/c1-2-30-17-10-8-16(9-11-17)20(27)15-31-23(29)13-12-22(28)26-24-19(14-25)18-6-4-3-5-7-21(18)32-24/h8-11H,2-7,12-13,15H2,1H3,(H,26,28). The minimum atomic E-state index is -0.623. The van der Waals surface area contributed by atoms with Crippen LogP contribution >= 0.6 is 11.3 Å². The molecule has 0 unspecified atom stereocenters. The molecule has 0 bridgehead atoms. The molecule has 1 aliphatic carbocycles. The van der Waals surface area contributed by atoms with Gasteiger partial charge in [0.25, 0.3) is 0 Å². The molecule has 1 amide bonds. The van der Waals surface area contributed by atoms with Gasteiger partial charge in [-0.05, 0) is 62.4 Å². The number of hydrogen-bond donors (Lipinski definition) is 1. The lowest BCUT2D eigenvalue weighted by Crippen LogP contribution is -2.17. The van der Waals surface area contributed by atoms with Crippen LogP contribution in [0.5, 0.6) is 5.75 Å². The van der Waals surface area contributed by atoms with E-state index in [-0.39, 0.29) is 31.1 Å². The summed E-state index contributed by atoms with van der Waals surface area (Å²) in [6, 6.07) is 8.82. The minimum absolute atomic E-state index is 0.0798. The van der Waals surface area contributed by atoms with E-state index in [1.807, 2.05) is 6.92 Å². The van der Waals surface area contributed by atoms with Crippen molar-refractivity contribution < 1.29 is 23.9 Å². The Hall–Kier alpha value is -3.18. The van der Waals surface area contributed by atoms with Crippen molar-refractivity contribution in [1.82, 2.24) is 0 Å². The van der Waals surface area contributed by atoms with E-state index in [9.17, 15) is 19.6 Å². The van der Waals surface area contributed by atoms with Gasteiger partial charge in [-0.3, -0.25) is 14.4 Å². The van der Waals surface area contributed by atoms with E-state index in [1.165, 1.54) is 16.2 Å². The van der Waals surface area contributed by atoms with Gasteiger partial charge in [0, 0.05) is 16.9 Å². The number of ether oxygens (including phenoxy) is 2. The van der Waals surface area contributed by atoms with Crippen molar-refractivity contribution in [3.8, 4) is 11.8 Å². The summed E-state index contributed by atoms with van der Waals surface area (Å²) in [7, 11) is 0. The van der Waals surface area contributed by atoms with Crippen LogP contribution in [0.15, 0.2) is 24.3 Å². The molecule has 0 saturated heterocycles. The zero-order chi connectivity index (χ0) is 22.9. The largest absolute Gasteiger partial charge is 0.494 e. The molecule has 0 atom stereocenters. The van der Waals surface area contributed by atoms with Crippen LogP contribution in [0.2, 0.25) is 0 Å². The van der Waals surface area contributed by atoms with E-state index in [4.69, 9.17) is 9.47 Å². The van der Waals surface area contributed by atoms with Crippen LogP contribution in [0.3, 0.4) is 0 Å². The maximum Gasteiger partial charge on any atom is 0.306 e. The molecule has 168 valence electrons.